The Hall–Kier alpha value is -4.26. The van der Waals surface area contributed by atoms with Crippen molar-refractivity contribution in [2.24, 2.45) is 0 Å². The molecule has 13 heteroatoms. The molecule has 1 aromatic carbocycles. The van der Waals surface area contributed by atoms with Gasteiger partial charge in [-0.2, -0.15) is 4.98 Å². The molecule has 3 heterocycles. The van der Waals surface area contributed by atoms with Crippen molar-refractivity contribution in [3.05, 3.63) is 60.0 Å². The third-order valence-electron chi connectivity index (χ3n) is 4.47. The van der Waals surface area contributed by atoms with Crippen molar-refractivity contribution in [1.29, 1.82) is 0 Å². The van der Waals surface area contributed by atoms with Gasteiger partial charge in [-0.3, -0.25) is 9.69 Å². The molecule has 0 atom stereocenters. The van der Waals surface area contributed by atoms with E-state index in [1.165, 1.54) is 12.1 Å². The molecule has 3 aromatic rings. The number of halogens is 1. The third kappa shape index (κ3) is 6.87. The molecular weight excluding hydrogens is 439 g/mol. The summed E-state index contributed by atoms with van der Waals surface area (Å²) in [6, 6.07) is 7.77. The molecule has 0 aliphatic carbocycles. The van der Waals surface area contributed by atoms with E-state index in [0.29, 0.717) is 43.7 Å². The zero-order chi connectivity index (χ0) is 23.8. The van der Waals surface area contributed by atoms with Gasteiger partial charge in [0.15, 0.2) is 0 Å². The van der Waals surface area contributed by atoms with Gasteiger partial charge < -0.3 is 20.1 Å². The Labute approximate surface area is 186 Å². The van der Waals surface area contributed by atoms with Gasteiger partial charge in [-0.1, -0.05) is 17.3 Å². The average molecular weight is 458 g/mol. The summed E-state index contributed by atoms with van der Waals surface area (Å²) < 4.78 is 18.2. The summed E-state index contributed by atoms with van der Waals surface area (Å²) in [7, 11) is 0. The van der Waals surface area contributed by atoms with Crippen molar-refractivity contribution < 1.29 is 33.5 Å². The first-order valence-corrected chi connectivity index (χ1v) is 9.62. The number of rotatable bonds is 6. The molecule has 4 rings (SSSR count). The number of carbonyl (C=O) groups excluding carboxylic acids is 1. The first-order valence-electron chi connectivity index (χ1n) is 9.62. The van der Waals surface area contributed by atoms with Gasteiger partial charge in [0.05, 0.1) is 12.5 Å². The summed E-state index contributed by atoms with van der Waals surface area (Å²) >= 11 is 0. The number of hydrogen-bond acceptors (Lipinski definition) is 9. The van der Waals surface area contributed by atoms with Crippen molar-refractivity contribution in [2.75, 3.05) is 19.6 Å². The molecule has 1 amide bonds. The van der Waals surface area contributed by atoms with Crippen LogP contribution in [0.5, 0.6) is 0 Å². The smallest absolute Gasteiger partial charge is 0.414 e. The molecule has 0 spiro atoms. The largest absolute Gasteiger partial charge is 0.473 e. The van der Waals surface area contributed by atoms with Crippen LogP contribution in [0.1, 0.15) is 17.4 Å². The van der Waals surface area contributed by atoms with Crippen LogP contribution < -0.4 is 5.32 Å². The van der Waals surface area contributed by atoms with Crippen molar-refractivity contribution >= 4 is 17.8 Å². The Morgan fingerprint density at radius 2 is 1.70 bits per heavy atom. The lowest BCUT2D eigenvalue weighted by Crippen LogP contribution is -2.49. The van der Waals surface area contributed by atoms with Crippen LogP contribution in [0.2, 0.25) is 0 Å². The maximum atomic E-state index is 12.9. The number of carboxylic acid groups (broad SMARTS) is 2. The average Bonchev–Trinajstić information content (AvgIpc) is 3.26. The number of nitrogens with zero attached hydrogens (tertiary/aromatic N) is 5. The van der Waals surface area contributed by atoms with E-state index in [-0.39, 0.29) is 17.6 Å². The van der Waals surface area contributed by atoms with Gasteiger partial charge in [0.2, 0.25) is 23.4 Å². The Kier molecular flexibility index (Phi) is 7.70. The summed E-state index contributed by atoms with van der Waals surface area (Å²) in [6.07, 6.45) is 3.24. The molecule has 1 aliphatic rings. The number of hydrogen-bond donors (Lipinski definition) is 3. The number of carboxylic acids is 2. The van der Waals surface area contributed by atoms with Gasteiger partial charge in [-0.15, -0.1) is 0 Å². The highest BCUT2D eigenvalue weighted by Crippen LogP contribution is 2.26. The van der Waals surface area contributed by atoms with E-state index in [2.05, 4.69) is 25.4 Å². The van der Waals surface area contributed by atoms with Gasteiger partial charge in [0.1, 0.15) is 5.82 Å². The molecule has 2 aromatic heterocycles. The summed E-state index contributed by atoms with van der Waals surface area (Å²) in [4.78, 5) is 44.7. The standard InChI is InChI=1S/C18H17FN6O2.C2H2O4/c19-14-4-2-12(3-5-14)8-22-15(26)11-25-9-13(10-25)18-23-17(24-27-18)16-20-6-1-7-21-16;3-1(4)2(5)6/h1-7,13H,8-11H2,(H,22,26);(H,3,4)(H,5,6). The van der Waals surface area contributed by atoms with Gasteiger partial charge >= 0.3 is 11.9 Å². The fraction of sp³-hybridized carbons (Fsp3) is 0.250. The second-order valence-corrected chi connectivity index (χ2v) is 6.93. The van der Waals surface area contributed by atoms with Gasteiger partial charge in [-0.05, 0) is 23.8 Å². The van der Waals surface area contributed by atoms with Gasteiger partial charge in [0.25, 0.3) is 0 Å². The van der Waals surface area contributed by atoms with E-state index in [1.807, 2.05) is 4.90 Å². The van der Waals surface area contributed by atoms with Crippen molar-refractivity contribution in [2.45, 2.75) is 12.5 Å². The number of carbonyl (C=O) groups is 3. The Bertz CT molecular complexity index is 1090. The van der Waals surface area contributed by atoms with Crippen LogP contribution in [-0.2, 0) is 20.9 Å². The summed E-state index contributed by atoms with van der Waals surface area (Å²) in [5.74, 6) is -2.61. The Morgan fingerprint density at radius 1 is 1.06 bits per heavy atom. The molecule has 0 radical (unpaired) electrons. The highest BCUT2D eigenvalue weighted by molar-refractivity contribution is 6.27. The zero-order valence-corrected chi connectivity index (χ0v) is 17.1. The Balaban J connectivity index is 0.000000454. The lowest BCUT2D eigenvalue weighted by Gasteiger charge is -2.36. The van der Waals surface area contributed by atoms with Crippen LogP contribution in [0.3, 0.4) is 0 Å². The number of amides is 1. The van der Waals surface area contributed by atoms with Crippen molar-refractivity contribution in [3.8, 4) is 11.6 Å². The molecule has 12 nitrogen and oxygen atoms in total. The van der Waals surface area contributed by atoms with E-state index >= 15 is 0 Å². The quantitative estimate of drug-likeness (QED) is 0.440. The van der Waals surface area contributed by atoms with Gasteiger partial charge in [0, 0.05) is 32.0 Å². The molecule has 0 unspecified atom stereocenters. The SMILES string of the molecule is O=C(CN1CC(c2nc(-c3ncccn3)no2)C1)NCc1ccc(F)cc1.O=C(O)C(=O)O. The number of nitrogens with one attached hydrogen (secondary N) is 1. The molecule has 0 bridgehead atoms. The molecule has 0 saturated carbocycles. The number of likely N-dealkylation sites (tertiary alicyclic amines) is 1. The minimum absolute atomic E-state index is 0.0818. The van der Waals surface area contributed by atoms with Crippen LogP contribution in [0, 0.1) is 5.82 Å². The lowest BCUT2D eigenvalue weighted by atomic mass is 10.0. The zero-order valence-electron chi connectivity index (χ0n) is 17.1. The Morgan fingerprint density at radius 3 is 2.30 bits per heavy atom. The highest BCUT2D eigenvalue weighted by Gasteiger charge is 2.33. The minimum Gasteiger partial charge on any atom is -0.473 e. The van der Waals surface area contributed by atoms with Crippen LogP contribution in [0.15, 0.2) is 47.2 Å². The molecule has 172 valence electrons. The van der Waals surface area contributed by atoms with Crippen molar-refractivity contribution in [1.82, 2.24) is 30.3 Å². The maximum Gasteiger partial charge on any atom is 0.414 e. The molecule has 1 saturated heterocycles. The van der Waals surface area contributed by atoms with E-state index in [1.54, 1.807) is 30.6 Å². The monoisotopic (exact) mass is 458 g/mol. The van der Waals surface area contributed by atoms with Crippen LogP contribution in [-0.4, -0.2) is 72.7 Å². The van der Waals surface area contributed by atoms with E-state index in [4.69, 9.17) is 24.3 Å². The van der Waals surface area contributed by atoms with E-state index in [9.17, 15) is 9.18 Å². The third-order valence-corrected chi connectivity index (χ3v) is 4.47. The predicted molar refractivity (Wildman–Crippen MR) is 108 cm³/mol. The second kappa shape index (κ2) is 10.9. The first-order chi connectivity index (χ1) is 15.8. The van der Waals surface area contributed by atoms with Crippen LogP contribution in [0.25, 0.3) is 11.6 Å². The van der Waals surface area contributed by atoms with Crippen molar-refractivity contribution in [3.63, 3.8) is 0 Å². The van der Waals surface area contributed by atoms with Crippen LogP contribution in [0.4, 0.5) is 4.39 Å². The van der Waals surface area contributed by atoms with Crippen LogP contribution >= 0.6 is 0 Å². The van der Waals surface area contributed by atoms with E-state index in [0.717, 1.165) is 5.56 Å². The highest BCUT2D eigenvalue weighted by atomic mass is 19.1. The molecule has 1 aliphatic heterocycles. The number of aliphatic carboxylic acids is 2. The summed E-state index contributed by atoms with van der Waals surface area (Å²) in [5, 5.41) is 21.5. The second-order valence-electron chi connectivity index (χ2n) is 6.93. The molecule has 33 heavy (non-hydrogen) atoms. The molecule has 3 N–H and O–H groups in total. The molecule has 1 fully saturated rings. The topological polar surface area (TPSA) is 172 Å². The first kappa shape index (κ1) is 23.4. The van der Waals surface area contributed by atoms with Gasteiger partial charge in [-0.25, -0.2) is 23.9 Å². The fourth-order valence-electron chi connectivity index (χ4n) is 2.82. The number of benzene rings is 1. The maximum absolute atomic E-state index is 12.9. The summed E-state index contributed by atoms with van der Waals surface area (Å²) in [6.45, 7) is 2.00. The normalized spacial score (nSPS) is 13.4. The van der Waals surface area contributed by atoms with E-state index < -0.39 is 11.9 Å². The predicted octanol–water partition coefficient (Wildman–Crippen LogP) is 0.537. The minimum atomic E-state index is -1.82. The number of aromatic nitrogens is 4. The molecular formula is C20H19FN6O6. The fourth-order valence-corrected chi connectivity index (χ4v) is 2.82. The lowest BCUT2D eigenvalue weighted by molar-refractivity contribution is -0.159. The summed E-state index contributed by atoms with van der Waals surface area (Å²) in [5.41, 5.74) is 0.854.